The predicted octanol–water partition coefficient (Wildman–Crippen LogP) is 6.26. The molecule has 0 amide bonds. The van der Waals surface area contributed by atoms with Crippen LogP contribution < -0.4 is 0 Å². The fraction of sp³-hybridized carbons (Fsp3) is 0. The van der Waals surface area contributed by atoms with Crippen molar-refractivity contribution >= 4 is 46.6 Å². The van der Waals surface area contributed by atoms with Crippen molar-refractivity contribution in [1.82, 2.24) is 9.97 Å². The molecule has 0 unspecified atom stereocenters. The molecule has 1 aromatic heterocycles. The number of aromatic nitrogens is 2. The van der Waals surface area contributed by atoms with Gasteiger partial charge in [-0.05, 0) is 48.2 Å². The molecule has 0 aliphatic rings. The molecule has 0 saturated carbocycles. The molecule has 3 rings (SSSR count). The first kappa shape index (κ1) is 15.6. The Bertz CT molecular complexity index is 807. The third-order valence-corrected chi connectivity index (χ3v) is 4.73. The summed E-state index contributed by atoms with van der Waals surface area (Å²) >= 11 is 19.5. The molecule has 2 nitrogen and oxygen atoms in total. The maximum atomic E-state index is 6.17. The second-order valence-electron chi connectivity index (χ2n) is 4.41. The molecule has 0 atom stereocenters. The van der Waals surface area contributed by atoms with Gasteiger partial charge in [-0.1, -0.05) is 46.9 Å². The minimum atomic E-state index is 0.608. The fourth-order valence-corrected chi connectivity index (χ4v) is 3.23. The van der Waals surface area contributed by atoms with Crippen LogP contribution >= 0.6 is 46.6 Å². The Hall–Kier alpha value is -1.26. The van der Waals surface area contributed by atoms with E-state index in [-0.39, 0.29) is 0 Å². The average Bonchev–Trinajstić information content (AvgIpc) is 2.52. The maximum Gasteiger partial charge on any atom is 0.193 e. The largest absolute Gasteiger partial charge is 0.231 e. The highest BCUT2D eigenvalue weighted by Crippen LogP contribution is 2.34. The highest BCUT2D eigenvalue weighted by molar-refractivity contribution is 7.99. The van der Waals surface area contributed by atoms with Gasteiger partial charge in [0.2, 0.25) is 0 Å². The quantitative estimate of drug-likeness (QED) is 0.511. The van der Waals surface area contributed by atoms with Crippen molar-refractivity contribution in [2.45, 2.75) is 10.1 Å². The van der Waals surface area contributed by atoms with E-state index in [0.717, 1.165) is 16.2 Å². The number of nitrogens with zero attached hydrogens (tertiary/aromatic N) is 2. The van der Waals surface area contributed by atoms with E-state index >= 15 is 0 Å². The summed E-state index contributed by atoms with van der Waals surface area (Å²) in [6.07, 6.45) is 1.72. The van der Waals surface area contributed by atoms with Gasteiger partial charge in [-0.25, -0.2) is 9.97 Å². The third-order valence-electron chi connectivity index (χ3n) is 2.87. The zero-order valence-corrected chi connectivity index (χ0v) is 14.2. The van der Waals surface area contributed by atoms with Gasteiger partial charge in [-0.15, -0.1) is 0 Å². The van der Waals surface area contributed by atoms with Gasteiger partial charge in [0.1, 0.15) is 0 Å². The Morgan fingerprint density at radius 1 is 0.818 bits per heavy atom. The predicted molar refractivity (Wildman–Crippen MR) is 93.1 cm³/mol. The first-order valence-corrected chi connectivity index (χ1v) is 8.29. The minimum Gasteiger partial charge on any atom is -0.231 e. The van der Waals surface area contributed by atoms with E-state index in [1.807, 2.05) is 30.3 Å². The molecular weight excluding hydrogens is 359 g/mol. The van der Waals surface area contributed by atoms with Crippen LogP contribution in [-0.2, 0) is 0 Å². The van der Waals surface area contributed by atoms with Crippen LogP contribution in [0.3, 0.4) is 0 Å². The molecule has 0 fully saturated rings. The first-order chi connectivity index (χ1) is 10.6. The van der Waals surface area contributed by atoms with Crippen LogP contribution in [0.15, 0.2) is 64.8 Å². The van der Waals surface area contributed by atoms with Crippen LogP contribution in [0.4, 0.5) is 0 Å². The molecule has 0 spiro atoms. The van der Waals surface area contributed by atoms with Gasteiger partial charge < -0.3 is 0 Å². The monoisotopic (exact) mass is 366 g/mol. The van der Waals surface area contributed by atoms with E-state index in [4.69, 9.17) is 34.8 Å². The molecule has 22 heavy (non-hydrogen) atoms. The van der Waals surface area contributed by atoms with Crippen molar-refractivity contribution in [1.29, 1.82) is 0 Å². The Labute approximate surface area is 147 Å². The van der Waals surface area contributed by atoms with Gasteiger partial charge in [0.05, 0.1) is 10.7 Å². The average molecular weight is 368 g/mol. The van der Waals surface area contributed by atoms with Gasteiger partial charge in [-0.2, -0.15) is 0 Å². The molecule has 0 aliphatic carbocycles. The van der Waals surface area contributed by atoms with E-state index in [1.54, 1.807) is 24.4 Å². The molecule has 0 radical (unpaired) electrons. The zero-order chi connectivity index (χ0) is 15.5. The molecule has 2 aromatic carbocycles. The Morgan fingerprint density at radius 2 is 1.55 bits per heavy atom. The van der Waals surface area contributed by atoms with E-state index in [9.17, 15) is 0 Å². The lowest BCUT2D eigenvalue weighted by molar-refractivity contribution is 0.973. The summed E-state index contributed by atoms with van der Waals surface area (Å²) in [5.74, 6) is 0. The highest BCUT2D eigenvalue weighted by Gasteiger charge is 2.08. The van der Waals surface area contributed by atoms with Crippen molar-refractivity contribution in [2.24, 2.45) is 0 Å². The van der Waals surface area contributed by atoms with Crippen molar-refractivity contribution in [3.8, 4) is 11.3 Å². The zero-order valence-electron chi connectivity index (χ0n) is 11.1. The van der Waals surface area contributed by atoms with Gasteiger partial charge in [0.15, 0.2) is 5.16 Å². The lowest BCUT2D eigenvalue weighted by Gasteiger charge is -2.06. The number of hydrogen-bond acceptors (Lipinski definition) is 3. The van der Waals surface area contributed by atoms with Gasteiger partial charge >= 0.3 is 0 Å². The molecular formula is C16H9Cl3N2S. The standard InChI is InChI=1S/C16H9Cl3N2S/c17-11-3-1-10(2-4-11)14-7-8-20-16(21-14)22-15-9-12(18)5-6-13(15)19/h1-9H. The van der Waals surface area contributed by atoms with E-state index in [2.05, 4.69) is 9.97 Å². The van der Waals surface area contributed by atoms with Crippen LogP contribution in [-0.4, -0.2) is 9.97 Å². The van der Waals surface area contributed by atoms with Crippen molar-refractivity contribution in [2.75, 3.05) is 0 Å². The van der Waals surface area contributed by atoms with Crippen LogP contribution in [0.25, 0.3) is 11.3 Å². The van der Waals surface area contributed by atoms with E-state index in [0.29, 0.717) is 20.2 Å². The lowest BCUT2D eigenvalue weighted by atomic mass is 10.1. The SMILES string of the molecule is Clc1ccc(-c2ccnc(Sc3cc(Cl)ccc3Cl)n2)cc1. The van der Waals surface area contributed by atoms with Gasteiger partial charge in [0, 0.05) is 26.7 Å². The minimum absolute atomic E-state index is 0.608. The van der Waals surface area contributed by atoms with Gasteiger partial charge in [0.25, 0.3) is 0 Å². The summed E-state index contributed by atoms with van der Waals surface area (Å²) in [4.78, 5) is 9.64. The van der Waals surface area contributed by atoms with Crippen LogP contribution in [0.2, 0.25) is 15.1 Å². The molecule has 0 bridgehead atoms. The maximum absolute atomic E-state index is 6.17. The topological polar surface area (TPSA) is 25.8 Å². The summed E-state index contributed by atoms with van der Waals surface area (Å²) in [6, 6.07) is 14.7. The lowest BCUT2D eigenvalue weighted by Crippen LogP contribution is -1.90. The number of hydrogen-bond donors (Lipinski definition) is 0. The second kappa shape index (κ2) is 6.88. The van der Waals surface area contributed by atoms with E-state index < -0.39 is 0 Å². The van der Waals surface area contributed by atoms with Crippen LogP contribution in [0.1, 0.15) is 0 Å². The number of benzene rings is 2. The van der Waals surface area contributed by atoms with Crippen LogP contribution in [0.5, 0.6) is 0 Å². The fourth-order valence-electron chi connectivity index (χ4n) is 1.83. The van der Waals surface area contributed by atoms with Crippen molar-refractivity contribution in [3.63, 3.8) is 0 Å². The highest BCUT2D eigenvalue weighted by atomic mass is 35.5. The summed E-state index contributed by atoms with van der Waals surface area (Å²) in [7, 11) is 0. The molecule has 1 heterocycles. The molecule has 0 aliphatic heterocycles. The number of halogens is 3. The van der Waals surface area contributed by atoms with Crippen molar-refractivity contribution in [3.05, 3.63) is 69.8 Å². The molecule has 6 heteroatoms. The van der Waals surface area contributed by atoms with Gasteiger partial charge in [-0.3, -0.25) is 0 Å². The molecule has 0 N–H and O–H groups in total. The van der Waals surface area contributed by atoms with Crippen molar-refractivity contribution < 1.29 is 0 Å². The second-order valence-corrected chi connectivity index (χ2v) is 6.70. The summed E-state index contributed by atoms with van der Waals surface area (Å²) in [5, 5.41) is 2.55. The third kappa shape index (κ3) is 3.73. The van der Waals surface area contributed by atoms with E-state index in [1.165, 1.54) is 11.8 Å². The molecule has 110 valence electrons. The smallest absolute Gasteiger partial charge is 0.193 e. The Kier molecular flexibility index (Phi) is 4.89. The van der Waals surface area contributed by atoms with Crippen LogP contribution in [0, 0.1) is 0 Å². The number of rotatable bonds is 3. The summed E-state index contributed by atoms with van der Waals surface area (Å²) in [6.45, 7) is 0. The first-order valence-electron chi connectivity index (χ1n) is 6.34. The summed E-state index contributed by atoms with van der Waals surface area (Å²) in [5.41, 5.74) is 1.80. The molecule has 3 aromatic rings. The molecule has 0 saturated heterocycles. The Morgan fingerprint density at radius 3 is 2.32 bits per heavy atom. The summed E-state index contributed by atoms with van der Waals surface area (Å²) < 4.78 is 0. The Balaban J connectivity index is 1.91. The normalized spacial score (nSPS) is 10.7.